The summed E-state index contributed by atoms with van der Waals surface area (Å²) in [4.78, 5) is 11.6. The second kappa shape index (κ2) is 8.09. The van der Waals surface area contributed by atoms with Crippen LogP contribution in [0.2, 0.25) is 0 Å². The van der Waals surface area contributed by atoms with Gasteiger partial charge in [-0.3, -0.25) is 0 Å². The maximum absolute atomic E-state index is 13.7. The first-order valence-electron chi connectivity index (χ1n) is 9.93. The van der Waals surface area contributed by atoms with Gasteiger partial charge in [-0.25, -0.2) is 22.8 Å². The maximum Gasteiger partial charge on any atom is 0.246 e. The molecular formula is C20H26FN5O3S. The van der Waals surface area contributed by atoms with Gasteiger partial charge in [-0.2, -0.15) is 4.31 Å². The molecule has 1 aromatic carbocycles. The number of rotatable bonds is 5. The average molecular weight is 436 g/mol. The van der Waals surface area contributed by atoms with Crippen LogP contribution in [0, 0.1) is 5.82 Å². The van der Waals surface area contributed by atoms with Gasteiger partial charge in [0.05, 0.1) is 12.8 Å². The number of nitrogens with zero attached hydrogens (tertiary/aromatic N) is 4. The standard InChI is InChI=1S/C20H26FN5O3S/c1-22-20-15-12-25(2)8-7-16(15)23-19(24-20)13-6-9-26(11-13)30(27,28)18-10-14(21)4-5-17(18)29-3/h4-5,10,13H,6-9,11-12H2,1-3H3,(H,22,23,24)/t13-/m1/s1. The molecule has 1 aromatic heterocycles. The molecule has 8 nitrogen and oxygen atoms in total. The van der Waals surface area contributed by atoms with Gasteiger partial charge in [-0.15, -0.1) is 0 Å². The normalized spacial score (nSPS) is 20.2. The van der Waals surface area contributed by atoms with E-state index in [0.29, 0.717) is 18.8 Å². The summed E-state index contributed by atoms with van der Waals surface area (Å²) in [5.74, 6) is 0.857. The molecule has 0 spiro atoms. The lowest BCUT2D eigenvalue weighted by Gasteiger charge is -2.26. The number of methoxy groups -OCH3 is 1. The molecule has 1 N–H and O–H groups in total. The number of hydrogen-bond donors (Lipinski definition) is 1. The summed E-state index contributed by atoms with van der Waals surface area (Å²) < 4.78 is 46.6. The third kappa shape index (κ3) is 3.75. The zero-order valence-electron chi connectivity index (χ0n) is 17.4. The van der Waals surface area contributed by atoms with Gasteiger partial charge in [0, 0.05) is 51.1 Å². The Balaban J connectivity index is 1.62. The summed E-state index contributed by atoms with van der Waals surface area (Å²) in [6.45, 7) is 2.29. The summed E-state index contributed by atoms with van der Waals surface area (Å²) >= 11 is 0. The van der Waals surface area contributed by atoms with E-state index in [1.165, 1.54) is 23.5 Å². The number of benzene rings is 1. The SMILES string of the molecule is CNc1nc([C@@H]2CCN(S(=O)(=O)c3cc(F)ccc3OC)C2)nc2c1CN(C)CC2. The van der Waals surface area contributed by atoms with Crippen LogP contribution in [0.1, 0.15) is 29.4 Å². The quantitative estimate of drug-likeness (QED) is 0.767. The van der Waals surface area contributed by atoms with Gasteiger partial charge in [-0.05, 0) is 31.7 Å². The van der Waals surface area contributed by atoms with Gasteiger partial charge in [0.1, 0.15) is 28.1 Å². The van der Waals surface area contributed by atoms with Crippen molar-refractivity contribution in [2.24, 2.45) is 0 Å². The van der Waals surface area contributed by atoms with Crippen molar-refractivity contribution in [2.45, 2.75) is 30.2 Å². The van der Waals surface area contributed by atoms with Crippen molar-refractivity contribution in [1.29, 1.82) is 0 Å². The highest BCUT2D eigenvalue weighted by atomic mass is 32.2. The molecule has 0 unspecified atom stereocenters. The Labute approximate surface area is 176 Å². The molecule has 2 aliphatic heterocycles. The van der Waals surface area contributed by atoms with E-state index in [2.05, 4.69) is 17.3 Å². The summed E-state index contributed by atoms with van der Waals surface area (Å²) in [6, 6.07) is 3.52. The predicted molar refractivity (Wildman–Crippen MR) is 111 cm³/mol. The fourth-order valence-electron chi connectivity index (χ4n) is 4.11. The van der Waals surface area contributed by atoms with E-state index in [1.54, 1.807) is 0 Å². The van der Waals surface area contributed by atoms with Crippen LogP contribution in [-0.4, -0.2) is 68.4 Å². The number of aromatic nitrogens is 2. The van der Waals surface area contributed by atoms with E-state index in [-0.39, 0.29) is 23.1 Å². The van der Waals surface area contributed by atoms with Crippen molar-refractivity contribution in [3.8, 4) is 5.75 Å². The maximum atomic E-state index is 13.7. The number of sulfonamides is 1. The Bertz CT molecular complexity index is 1050. The molecule has 1 fully saturated rings. The van der Waals surface area contributed by atoms with Crippen molar-refractivity contribution in [1.82, 2.24) is 19.2 Å². The van der Waals surface area contributed by atoms with E-state index in [9.17, 15) is 12.8 Å². The first kappa shape index (κ1) is 21.0. The van der Waals surface area contributed by atoms with Gasteiger partial charge in [0.2, 0.25) is 10.0 Å². The highest BCUT2D eigenvalue weighted by Gasteiger charge is 2.37. The molecular weight excluding hydrogens is 409 g/mol. The van der Waals surface area contributed by atoms with Crippen molar-refractivity contribution in [3.05, 3.63) is 41.1 Å². The van der Waals surface area contributed by atoms with Crippen LogP contribution < -0.4 is 10.1 Å². The number of hydrogen-bond acceptors (Lipinski definition) is 7. The molecule has 162 valence electrons. The second-order valence-electron chi connectivity index (χ2n) is 7.74. The Morgan fingerprint density at radius 3 is 2.80 bits per heavy atom. The molecule has 1 saturated heterocycles. The van der Waals surface area contributed by atoms with Gasteiger partial charge < -0.3 is 15.0 Å². The summed E-state index contributed by atoms with van der Waals surface area (Å²) in [7, 11) is 1.38. The summed E-state index contributed by atoms with van der Waals surface area (Å²) in [5.41, 5.74) is 2.12. The van der Waals surface area contributed by atoms with Crippen LogP contribution in [0.15, 0.2) is 23.1 Å². The molecule has 0 amide bonds. The van der Waals surface area contributed by atoms with Gasteiger partial charge in [0.25, 0.3) is 0 Å². The van der Waals surface area contributed by atoms with Gasteiger partial charge >= 0.3 is 0 Å². The minimum Gasteiger partial charge on any atom is -0.495 e. The van der Waals surface area contributed by atoms with Crippen molar-refractivity contribution in [3.63, 3.8) is 0 Å². The summed E-state index contributed by atoms with van der Waals surface area (Å²) in [6.07, 6.45) is 1.45. The number of halogens is 1. The van der Waals surface area contributed by atoms with E-state index in [4.69, 9.17) is 14.7 Å². The first-order chi connectivity index (χ1) is 14.3. The molecule has 1 atom stereocenters. The minimum atomic E-state index is -3.89. The largest absolute Gasteiger partial charge is 0.495 e. The first-order valence-corrected chi connectivity index (χ1v) is 11.4. The van der Waals surface area contributed by atoms with Crippen LogP contribution in [0.3, 0.4) is 0 Å². The summed E-state index contributed by atoms with van der Waals surface area (Å²) in [5, 5.41) is 3.16. The average Bonchev–Trinajstić information content (AvgIpc) is 3.24. The van der Waals surface area contributed by atoms with E-state index >= 15 is 0 Å². The van der Waals surface area contributed by atoms with E-state index in [0.717, 1.165) is 42.7 Å². The molecule has 2 aromatic rings. The molecule has 0 radical (unpaired) electrons. The number of ether oxygens (including phenoxy) is 1. The van der Waals surface area contributed by atoms with Crippen LogP contribution in [-0.2, 0) is 23.0 Å². The van der Waals surface area contributed by atoms with Crippen LogP contribution in [0.25, 0.3) is 0 Å². The molecule has 0 aliphatic carbocycles. The van der Waals surface area contributed by atoms with Gasteiger partial charge in [0.15, 0.2) is 0 Å². The number of nitrogens with one attached hydrogen (secondary N) is 1. The van der Waals surface area contributed by atoms with Crippen molar-refractivity contribution in [2.75, 3.05) is 46.2 Å². The minimum absolute atomic E-state index is 0.114. The zero-order valence-corrected chi connectivity index (χ0v) is 18.2. The monoisotopic (exact) mass is 435 g/mol. The third-order valence-electron chi connectivity index (χ3n) is 5.76. The van der Waals surface area contributed by atoms with E-state index < -0.39 is 15.8 Å². The Hall–Kier alpha value is -2.30. The molecule has 10 heteroatoms. The third-order valence-corrected chi connectivity index (χ3v) is 7.65. The van der Waals surface area contributed by atoms with Crippen molar-refractivity contribution < 1.29 is 17.5 Å². The van der Waals surface area contributed by atoms with Gasteiger partial charge in [-0.1, -0.05) is 0 Å². The van der Waals surface area contributed by atoms with Crippen molar-refractivity contribution >= 4 is 15.8 Å². The molecule has 30 heavy (non-hydrogen) atoms. The topological polar surface area (TPSA) is 87.7 Å². The number of fused-ring (bicyclic) bond motifs is 1. The lowest BCUT2D eigenvalue weighted by Crippen LogP contribution is -2.30. The molecule has 3 heterocycles. The van der Waals surface area contributed by atoms with E-state index in [1.807, 2.05) is 7.05 Å². The number of anilines is 1. The van der Waals surface area contributed by atoms with Crippen LogP contribution >= 0.6 is 0 Å². The van der Waals surface area contributed by atoms with Crippen LogP contribution in [0.5, 0.6) is 5.75 Å². The second-order valence-corrected chi connectivity index (χ2v) is 9.64. The molecule has 0 saturated carbocycles. The fourth-order valence-corrected chi connectivity index (χ4v) is 5.77. The molecule has 4 rings (SSSR count). The fraction of sp³-hybridized carbons (Fsp3) is 0.500. The molecule has 2 aliphatic rings. The Morgan fingerprint density at radius 2 is 2.07 bits per heavy atom. The number of likely N-dealkylation sites (N-methyl/N-ethyl adjacent to an activating group) is 1. The lowest BCUT2D eigenvalue weighted by molar-refractivity contribution is 0.309. The Morgan fingerprint density at radius 1 is 1.27 bits per heavy atom. The zero-order chi connectivity index (χ0) is 21.5. The predicted octanol–water partition coefficient (Wildman–Crippen LogP) is 1.83. The Kier molecular flexibility index (Phi) is 5.65. The lowest BCUT2D eigenvalue weighted by atomic mass is 10.0. The van der Waals surface area contributed by atoms with Crippen LogP contribution in [0.4, 0.5) is 10.2 Å². The highest BCUT2D eigenvalue weighted by Crippen LogP contribution is 2.34. The molecule has 0 bridgehead atoms. The highest BCUT2D eigenvalue weighted by molar-refractivity contribution is 7.89. The smallest absolute Gasteiger partial charge is 0.246 e.